The zero-order valence-corrected chi connectivity index (χ0v) is 10.3. The molecule has 0 aromatic carbocycles. The van der Waals surface area contributed by atoms with Crippen LogP contribution in [0.4, 0.5) is 0 Å². The maximum absolute atomic E-state index is 5.29. The van der Waals surface area contributed by atoms with Gasteiger partial charge in [0, 0.05) is 27.4 Å². The molecular weight excluding hydrogens is 196 g/mol. The first-order chi connectivity index (χ1) is 6.64. The molecule has 0 aliphatic heterocycles. The Morgan fingerprint density at radius 1 is 1.21 bits per heavy atom. The van der Waals surface area contributed by atoms with Crippen LogP contribution in [-0.4, -0.2) is 30.1 Å². The molecule has 0 aliphatic rings. The van der Waals surface area contributed by atoms with Gasteiger partial charge in [0.1, 0.15) is 0 Å². The summed E-state index contributed by atoms with van der Waals surface area (Å²) in [7, 11) is 2.51. The van der Waals surface area contributed by atoms with Crippen LogP contribution in [0.15, 0.2) is 24.8 Å². The standard InChI is InChI=1S/C10H20O3Si/c1-6-10(2)8-7-9-14(11-3,12-4)13-5/h6H,1-2,7-9H2,3-5H3. The van der Waals surface area contributed by atoms with Crippen LogP contribution in [0.1, 0.15) is 12.8 Å². The second-order valence-corrected chi connectivity index (χ2v) is 6.10. The Morgan fingerprint density at radius 2 is 1.71 bits per heavy atom. The van der Waals surface area contributed by atoms with Crippen molar-refractivity contribution < 1.29 is 13.3 Å². The maximum atomic E-state index is 5.29. The number of rotatable bonds is 8. The molecule has 0 unspecified atom stereocenters. The van der Waals surface area contributed by atoms with Crippen molar-refractivity contribution in [3.05, 3.63) is 24.8 Å². The second kappa shape index (κ2) is 6.95. The Balaban J connectivity index is 3.94. The van der Waals surface area contributed by atoms with Crippen molar-refractivity contribution in [1.29, 1.82) is 0 Å². The van der Waals surface area contributed by atoms with Crippen molar-refractivity contribution in [2.24, 2.45) is 0 Å². The van der Waals surface area contributed by atoms with Crippen molar-refractivity contribution in [2.45, 2.75) is 18.9 Å². The third-order valence-corrected chi connectivity index (χ3v) is 5.03. The third kappa shape index (κ3) is 4.19. The highest BCUT2D eigenvalue weighted by Gasteiger charge is 2.36. The summed E-state index contributed by atoms with van der Waals surface area (Å²) in [6.07, 6.45) is 3.64. The van der Waals surface area contributed by atoms with Crippen molar-refractivity contribution in [1.82, 2.24) is 0 Å². The molecule has 0 saturated heterocycles. The van der Waals surface area contributed by atoms with Crippen molar-refractivity contribution in [3.63, 3.8) is 0 Å². The van der Waals surface area contributed by atoms with Crippen LogP contribution in [0.3, 0.4) is 0 Å². The van der Waals surface area contributed by atoms with Gasteiger partial charge in [0.15, 0.2) is 0 Å². The average Bonchev–Trinajstić information content (AvgIpc) is 2.25. The predicted octanol–water partition coefficient (Wildman–Crippen LogP) is 2.39. The van der Waals surface area contributed by atoms with Crippen molar-refractivity contribution in [2.75, 3.05) is 21.3 Å². The number of hydrogen-bond acceptors (Lipinski definition) is 3. The molecule has 0 aromatic heterocycles. The summed E-state index contributed by atoms with van der Waals surface area (Å²) in [5.41, 5.74) is 1.04. The van der Waals surface area contributed by atoms with E-state index in [0.29, 0.717) is 0 Å². The number of allylic oxidation sites excluding steroid dienone is 2. The SMILES string of the molecule is C=CC(=C)CCC[Si](OC)(OC)OC. The topological polar surface area (TPSA) is 27.7 Å². The Kier molecular flexibility index (Phi) is 6.74. The van der Waals surface area contributed by atoms with E-state index in [9.17, 15) is 0 Å². The Bertz CT molecular complexity index is 180. The van der Waals surface area contributed by atoms with Crippen LogP contribution in [0.2, 0.25) is 6.04 Å². The van der Waals surface area contributed by atoms with Crippen LogP contribution in [0.5, 0.6) is 0 Å². The van der Waals surface area contributed by atoms with Gasteiger partial charge in [-0.15, -0.1) is 0 Å². The Labute approximate surface area is 87.7 Å². The van der Waals surface area contributed by atoms with E-state index in [-0.39, 0.29) is 0 Å². The first-order valence-electron chi connectivity index (χ1n) is 4.59. The van der Waals surface area contributed by atoms with E-state index in [4.69, 9.17) is 13.3 Å². The fourth-order valence-corrected chi connectivity index (χ4v) is 2.91. The minimum atomic E-state index is -2.37. The van der Waals surface area contributed by atoms with Crippen molar-refractivity contribution in [3.8, 4) is 0 Å². The van der Waals surface area contributed by atoms with Crippen molar-refractivity contribution >= 4 is 8.80 Å². The zero-order chi connectivity index (χ0) is 11.0. The highest BCUT2D eigenvalue weighted by atomic mass is 28.4. The van der Waals surface area contributed by atoms with E-state index in [1.165, 1.54) is 0 Å². The monoisotopic (exact) mass is 216 g/mol. The normalized spacial score (nSPS) is 11.4. The lowest BCUT2D eigenvalue weighted by Gasteiger charge is -2.24. The minimum Gasteiger partial charge on any atom is -0.377 e. The van der Waals surface area contributed by atoms with Crippen LogP contribution in [0, 0.1) is 0 Å². The minimum absolute atomic E-state index is 0.809. The Morgan fingerprint density at radius 3 is 2.07 bits per heavy atom. The van der Waals surface area contributed by atoms with Crippen LogP contribution >= 0.6 is 0 Å². The zero-order valence-electron chi connectivity index (χ0n) is 9.34. The van der Waals surface area contributed by atoms with Crippen LogP contribution in [-0.2, 0) is 13.3 Å². The predicted molar refractivity (Wildman–Crippen MR) is 60.2 cm³/mol. The molecule has 0 heterocycles. The molecule has 0 rings (SSSR count). The van der Waals surface area contributed by atoms with Crippen LogP contribution < -0.4 is 0 Å². The first kappa shape index (κ1) is 13.6. The molecule has 0 radical (unpaired) electrons. The van der Waals surface area contributed by atoms with Gasteiger partial charge in [-0.3, -0.25) is 0 Å². The van der Waals surface area contributed by atoms with E-state index in [1.54, 1.807) is 27.4 Å². The quantitative estimate of drug-likeness (QED) is 0.460. The molecule has 0 atom stereocenters. The summed E-state index contributed by atoms with van der Waals surface area (Å²) >= 11 is 0. The molecule has 14 heavy (non-hydrogen) atoms. The van der Waals surface area contributed by atoms with Gasteiger partial charge in [-0.2, -0.15) is 0 Å². The van der Waals surface area contributed by atoms with E-state index in [0.717, 1.165) is 24.5 Å². The van der Waals surface area contributed by atoms with Gasteiger partial charge in [0.25, 0.3) is 0 Å². The average molecular weight is 216 g/mol. The fourth-order valence-electron chi connectivity index (χ4n) is 1.19. The molecule has 0 fully saturated rings. The van der Waals surface area contributed by atoms with Gasteiger partial charge >= 0.3 is 8.80 Å². The molecule has 3 nitrogen and oxygen atoms in total. The summed E-state index contributed by atoms with van der Waals surface area (Å²) in [4.78, 5) is 0. The smallest absolute Gasteiger partial charge is 0.377 e. The summed E-state index contributed by atoms with van der Waals surface area (Å²) in [6, 6.07) is 0.809. The van der Waals surface area contributed by atoms with E-state index in [1.807, 2.05) is 0 Å². The highest BCUT2D eigenvalue weighted by molar-refractivity contribution is 6.60. The van der Waals surface area contributed by atoms with Gasteiger partial charge < -0.3 is 13.3 Å². The molecular formula is C10H20O3Si. The molecule has 0 saturated carbocycles. The molecule has 0 amide bonds. The summed E-state index contributed by atoms with van der Waals surface area (Å²) < 4.78 is 15.9. The van der Waals surface area contributed by atoms with E-state index in [2.05, 4.69) is 13.2 Å². The largest absolute Gasteiger partial charge is 0.500 e. The van der Waals surface area contributed by atoms with Gasteiger partial charge in [0.2, 0.25) is 0 Å². The molecule has 0 bridgehead atoms. The lowest BCUT2D eigenvalue weighted by atomic mass is 10.2. The number of hydrogen-bond donors (Lipinski definition) is 0. The second-order valence-electron chi connectivity index (χ2n) is 3.01. The molecule has 0 aromatic rings. The highest BCUT2D eigenvalue weighted by Crippen LogP contribution is 2.18. The maximum Gasteiger partial charge on any atom is 0.500 e. The fraction of sp³-hybridized carbons (Fsp3) is 0.600. The lowest BCUT2D eigenvalue weighted by Crippen LogP contribution is -2.42. The Hall–Kier alpha value is -0.423. The summed E-state index contributed by atoms with van der Waals surface area (Å²) in [5, 5.41) is 0. The first-order valence-corrected chi connectivity index (χ1v) is 6.53. The van der Waals surface area contributed by atoms with Gasteiger partial charge in [0.05, 0.1) is 0 Å². The molecule has 4 heteroatoms. The van der Waals surface area contributed by atoms with E-state index >= 15 is 0 Å². The molecule has 0 aliphatic carbocycles. The van der Waals surface area contributed by atoms with Gasteiger partial charge in [-0.25, -0.2) is 0 Å². The lowest BCUT2D eigenvalue weighted by molar-refractivity contribution is 0.123. The third-order valence-electron chi connectivity index (χ3n) is 2.20. The molecule has 0 N–H and O–H groups in total. The molecule has 0 spiro atoms. The summed E-state index contributed by atoms with van der Waals surface area (Å²) in [5.74, 6) is 0. The molecule has 82 valence electrons. The van der Waals surface area contributed by atoms with Crippen LogP contribution in [0.25, 0.3) is 0 Å². The summed E-state index contributed by atoms with van der Waals surface area (Å²) in [6.45, 7) is 7.50. The van der Waals surface area contributed by atoms with Gasteiger partial charge in [-0.05, 0) is 12.8 Å². The van der Waals surface area contributed by atoms with Gasteiger partial charge in [-0.1, -0.05) is 24.8 Å². The van der Waals surface area contributed by atoms with E-state index < -0.39 is 8.80 Å².